The second kappa shape index (κ2) is 37.5. The molecular weight excluding hydrogens is 1300 g/mol. The maximum Gasteiger partial charge on any atom is 0.472 e. The molecule has 6 rings (SSSR count). The van der Waals surface area contributed by atoms with Crippen LogP contribution in [0.1, 0.15) is 131 Å². The lowest BCUT2D eigenvalue weighted by Gasteiger charge is -2.40. The summed E-state index contributed by atoms with van der Waals surface area (Å²) in [7, 11) is -14.2. The zero-order chi connectivity index (χ0) is 68.5. The number of amides is 3. The number of hydrogen-bond acceptors (Lipinski definition) is 27. The standard InChI is InChI=1S/C57H104N3O30P3/c1-33(2)91(74,75)83-30-38-22-41(25-59(38)47(66)16-10-7-13-19-81-56-35(4)50(69)53(72)44(28-62)87-56)89-93(78,79)85-32-39-23-42(26-60(39)48(67)17-11-8-14-20-82-57-36(5)51(70)54(73)45(29-63)88-57)90-92(76,77)84-31-37-21-40(64)24-58(37)46(65)15-9-6-12-18-80-55-34(3)49(68)52(71)43(27-61)86-55/h33-45,49-57,61-64,68-73H,6-32H2,1-5H3,(H,74,75)(H,76,77)(H,78,79)/t34-,35-,36-,37-,38-,39-,40?,41+,42+,43?,44?,45?,49?,50?,51?,52-,53-,54-,55+,56+,57+/m0/s1. The number of carbonyl (C=O) groups is 3. The Morgan fingerprint density at radius 3 is 1.09 bits per heavy atom. The molecule has 0 spiro atoms. The molecule has 6 aliphatic rings. The third-order valence-electron chi connectivity index (χ3n) is 18.1. The molecule has 0 bridgehead atoms. The number of carbonyl (C=O) groups excluding carboxylic acids is 3. The summed E-state index contributed by atoms with van der Waals surface area (Å²) < 4.78 is 102. The normalized spacial score (nSPS) is 36.3. The molecule has 6 aliphatic heterocycles. The number of aliphatic hydroxyl groups is 10. The number of likely N-dealkylation sites (tertiary alicyclic amines) is 3. The molecule has 3 amide bonds. The fourth-order valence-corrected chi connectivity index (χ4v) is 14.8. The van der Waals surface area contributed by atoms with Crippen molar-refractivity contribution in [3.63, 3.8) is 0 Å². The molecular formula is C57H104N3O30P3. The van der Waals surface area contributed by atoms with Crippen molar-refractivity contribution in [2.45, 2.75) is 247 Å². The van der Waals surface area contributed by atoms with E-state index in [0.29, 0.717) is 57.8 Å². The number of phosphoric acid groups is 2. The maximum atomic E-state index is 14.0. The van der Waals surface area contributed by atoms with Crippen molar-refractivity contribution in [2.75, 3.05) is 79.1 Å². The minimum absolute atomic E-state index is 0.00815. The van der Waals surface area contributed by atoms with Gasteiger partial charge in [0.1, 0.15) is 36.6 Å². The Bertz CT molecular complexity index is 2440. The van der Waals surface area contributed by atoms with E-state index in [0.717, 1.165) is 0 Å². The molecule has 33 nitrogen and oxygen atoms in total. The van der Waals surface area contributed by atoms with Crippen molar-refractivity contribution in [3.8, 4) is 0 Å². The van der Waals surface area contributed by atoms with Crippen molar-refractivity contribution < 1.29 is 145 Å². The van der Waals surface area contributed by atoms with Crippen LogP contribution in [0.4, 0.5) is 0 Å². The number of ether oxygens (including phenoxy) is 6. The van der Waals surface area contributed by atoms with Crippen LogP contribution < -0.4 is 0 Å². The van der Waals surface area contributed by atoms with E-state index in [9.17, 15) is 93.8 Å². The van der Waals surface area contributed by atoms with Crippen molar-refractivity contribution >= 4 is 41.0 Å². The van der Waals surface area contributed by atoms with E-state index in [1.54, 1.807) is 20.8 Å². The molecule has 6 heterocycles. The van der Waals surface area contributed by atoms with E-state index >= 15 is 0 Å². The van der Waals surface area contributed by atoms with E-state index in [2.05, 4.69) is 0 Å². The Morgan fingerprint density at radius 1 is 0.452 bits per heavy atom. The van der Waals surface area contributed by atoms with E-state index in [1.165, 1.54) is 28.5 Å². The maximum absolute atomic E-state index is 14.0. The second-order valence-electron chi connectivity index (χ2n) is 25.6. The number of hydrogen-bond donors (Lipinski definition) is 13. The van der Waals surface area contributed by atoms with E-state index < -0.39 is 208 Å². The van der Waals surface area contributed by atoms with Crippen LogP contribution in [-0.2, 0) is 79.1 Å². The number of β-amino-alcohol motifs (C(OH)–C–C–N with tert-alkyl or cyclic N) is 1. The van der Waals surface area contributed by atoms with E-state index in [4.69, 9.17) is 51.0 Å². The average Bonchev–Trinajstić information content (AvgIpc) is 1.72. The third-order valence-corrected chi connectivity index (χ3v) is 22.1. The van der Waals surface area contributed by atoms with Crippen LogP contribution in [0.5, 0.6) is 0 Å². The fourth-order valence-electron chi connectivity index (χ4n) is 12.2. The Kier molecular flexibility index (Phi) is 32.3. The van der Waals surface area contributed by atoms with Gasteiger partial charge in [0, 0.05) is 76.5 Å². The van der Waals surface area contributed by atoms with Gasteiger partial charge >= 0.3 is 23.2 Å². The van der Waals surface area contributed by atoms with Crippen LogP contribution in [0, 0.1) is 17.8 Å². The number of unbranched alkanes of at least 4 members (excludes halogenated alkanes) is 6. The molecule has 0 saturated carbocycles. The monoisotopic (exact) mass is 1400 g/mol. The van der Waals surface area contributed by atoms with Crippen molar-refractivity contribution in [2.24, 2.45) is 17.8 Å². The van der Waals surface area contributed by atoms with Crippen molar-refractivity contribution in [1.82, 2.24) is 14.7 Å². The predicted molar refractivity (Wildman–Crippen MR) is 323 cm³/mol. The lowest BCUT2D eigenvalue weighted by molar-refractivity contribution is -0.282. The summed E-state index contributed by atoms with van der Waals surface area (Å²) in [6.07, 6.45) is -12.9. The smallest absolute Gasteiger partial charge is 0.394 e. The van der Waals surface area contributed by atoms with Gasteiger partial charge in [-0.2, -0.15) is 0 Å². The van der Waals surface area contributed by atoms with Gasteiger partial charge in [0.05, 0.1) is 100 Å². The van der Waals surface area contributed by atoms with Crippen LogP contribution in [0.15, 0.2) is 0 Å². The second-order valence-corrected chi connectivity index (χ2v) is 30.9. The van der Waals surface area contributed by atoms with Crippen molar-refractivity contribution in [3.05, 3.63) is 0 Å². The van der Waals surface area contributed by atoms with E-state index in [1.807, 2.05) is 0 Å². The van der Waals surface area contributed by atoms with E-state index in [-0.39, 0.29) is 83.9 Å². The number of aliphatic hydroxyl groups excluding tert-OH is 10. The fraction of sp³-hybridized carbons (Fsp3) is 0.947. The summed E-state index contributed by atoms with van der Waals surface area (Å²) in [6.45, 7) is 4.61. The molecule has 6 fully saturated rings. The number of phosphoric ester groups is 2. The lowest BCUT2D eigenvalue weighted by atomic mass is 9.92. The highest BCUT2D eigenvalue weighted by Crippen LogP contribution is 2.51. The molecule has 0 aromatic rings. The third kappa shape index (κ3) is 23.4. The molecule has 24 atom stereocenters. The van der Waals surface area contributed by atoms with Crippen LogP contribution in [0.2, 0.25) is 0 Å². The van der Waals surface area contributed by atoms with Gasteiger partial charge in [-0.15, -0.1) is 0 Å². The van der Waals surface area contributed by atoms with Crippen LogP contribution in [-0.4, -0.2) is 293 Å². The molecule has 0 aromatic heterocycles. The molecule has 13 N–H and O–H groups in total. The zero-order valence-electron chi connectivity index (χ0n) is 53.7. The Labute approximate surface area is 542 Å². The van der Waals surface area contributed by atoms with Gasteiger partial charge in [-0.3, -0.25) is 37.0 Å². The minimum atomic E-state index is -5.07. The summed E-state index contributed by atoms with van der Waals surface area (Å²) in [5.74, 6) is -3.02. The summed E-state index contributed by atoms with van der Waals surface area (Å²) in [5.41, 5.74) is -0.790. The first-order valence-corrected chi connectivity index (χ1v) is 37.1. The quantitative estimate of drug-likeness (QED) is 0.0279. The number of nitrogens with zero attached hydrogens (tertiary/aromatic N) is 3. The van der Waals surface area contributed by atoms with Gasteiger partial charge in [-0.1, -0.05) is 53.9 Å². The first-order chi connectivity index (χ1) is 43.9. The summed E-state index contributed by atoms with van der Waals surface area (Å²) >= 11 is 0. The first-order valence-electron chi connectivity index (χ1n) is 32.5. The molecule has 542 valence electrons. The van der Waals surface area contributed by atoms with Gasteiger partial charge in [-0.05, 0) is 57.8 Å². The summed E-state index contributed by atoms with van der Waals surface area (Å²) in [6, 6.07) is -2.74. The predicted octanol–water partition coefficient (Wildman–Crippen LogP) is -0.279. The largest absolute Gasteiger partial charge is 0.472 e. The van der Waals surface area contributed by atoms with Gasteiger partial charge in [0.2, 0.25) is 17.7 Å². The zero-order valence-corrected chi connectivity index (χ0v) is 56.4. The molecule has 10 unspecified atom stereocenters. The van der Waals surface area contributed by atoms with Gasteiger partial charge < -0.3 is 113 Å². The molecule has 0 radical (unpaired) electrons. The van der Waals surface area contributed by atoms with Crippen LogP contribution in [0.3, 0.4) is 0 Å². The Hall–Kier alpha value is -1.86. The lowest BCUT2D eigenvalue weighted by Crippen LogP contribution is -2.55. The van der Waals surface area contributed by atoms with Gasteiger partial charge in [0.15, 0.2) is 18.9 Å². The number of rotatable bonds is 38. The van der Waals surface area contributed by atoms with Crippen molar-refractivity contribution in [1.29, 1.82) is 0 Å². The van der Waals surface area contributed by atoms with Gasteiger partial charge in [-0.25, -0.2) is 9.13 Å². The molecule has 6 saturated heterocycles. The Balaban J connectivity index is 1.02. The van der Waals surface area contributed by atoms with Crippen LogP contribution in [0.25, 0.3) is 0 Å². The summed E-state index contributed by atoms with van der Waals surface area (Å²) in [4.78, 5) is 78.0. The molecule has 36 heteroatoms. The van der Waals surface area contributed by atoms with Crippen LogP contribution >= 0.6 is 23.2 Å². The minimum Gasteiger partial charge on any atom is -0.394 e. The SMILES string of the molecule is CC(C)P(=O)(O)OC[C@@H]1C[C@@H](OP(=O)(O)OC[C@@H]2C[C@@H](OP(=O)(O)OC[C@@H]3CC(O)CN3C(=O)CCCCCO[C@@H]3OC(CO)[C@H](O)C(O)[C@@H]3C)CN2C(=O)CCCCCO[C@@H]2OC(CO)[C@H](O)C(O)[C@@H]2C)CN1C(=O)CCCCCO[C@@H]1OC(CO)[C@H](O)C(O)[C@@H]1C. The highest BCUT2D eigenvalue weighted by Gasteiger charge is 2.48. The molecule has 0 aliphatic carbocycles. The summed E-state index contributed by atoms with van der Waals surface area (Å²) in [5, 5.41) is 101. The topological polar surface area (TPSA) is 477 Å². The van der Waals surface area contributed by atoms with Gasteiger partial charge in [0.25, 0.3) is 0 Å². The highest BCUT2D eigenvalue weighted by molar-refractivity contribution is 7.53. The molecule has 0 aromatic carbocycles. The first kappa shape index (κ1) is 80.1. The highest BCUT2D eigenvalue weighted by atomic mass is 31.2. The Morgan fingerprint density at radius 2 is 0.763 bits per heavy atom. The average molecular weight is 1400 g/mol. The molecule has 93 heavy (non-hydrogen) atoms.